The van der Waals surface area contributed by atoms with Gasteiger partial charge in [-0.05, 0) is 44.0 Å². The van der Waals surface area contributed by atoms with Crippen molar-refractivity contribution in [3.05, 3.63) is 23.8 Å². The van der Waals surface area contributed by atoms with E-state index in [0.717, 1.165) is 31.7 Å². The molecule has 2 unspecified atom stereocenters. The molecule has 0 bridgehead atoms. The monoisotopic (exact) mass is 330 g/mol. The van der Waals surface area contributed by atoms with Gasteiger partial charge in [-0.2, -0.15) is 5.26 Å². The molecule has 1 aliphatic heterocycles. The van der Waals surface area contributed by atoms with Crippen LogP contribution in [0.4, 0.5) is 16.2 Å². The third-order valence-corrected chi connectivity index (χ3v) is 4.44. The fourth-order valence-corrected chi connectivity index (χ4v) is 3.06. The van der Waals surface area contributed by atoms with Crippen molar-refractivity contribution < 1.29 is 9.53 Å². The van der Waals surface area contributed by atoms with E-state index in [1.165, 1.54) is 0 Å². The highest BCUT2D eigenvalue weighted by atomic mass is 16.5. The molecule has 1 aromatic rings. The largest absolute Gasteiger partial charge is 0.450 e. The Balaban J connectivity index is 2.04. The second-order valence-corrected chi connectivity index (χ2v) is 6.13. The van der Waals surface area contributed by atoms with Crippen LogP contribution in [0.25, 0.3) is 0 Å². The molecule has 6 nitrogen and oxygen atoms in total. The molecule has 0 aromatic heterocycles. The lowest BCUT2D eigenvalue weighted by Crippen LogP contribution is -2.45. The van der Waals surface area contributed by atoms with Crippen LogP contribution in [-0.2, 0) is 4.74 Å². The molecule has 6 heteroatoms. The van der Waals surface area contributed by atoms with Crippen LogP contribution in [0, 0.1) is 17.2 Å². The minimum atomic E-state index is -0.546. The first-order valence-electron chi connectivity index (χ1n) is 8.54. The number of nitrogens with zero attached hydrogens (tertiary/aromatic N) is 2. The summed E-state index contributed by atoms with van der Waals surface area (Å²) in [7, 11) is 0. The lowest BCUT2D eigenvalue weighted by Gasteiger charge is -2.37. The van der Waals surface area contributed by atoms with E-state index in [-0.39, 0.29) is 0 Å². The first kappa shape index (κ1) is 18.1. The maximum Gasteiger partial charge on any atom is 0.411 e. The van der Waals surface area contributed by atoms with Crippen LogP contribution in [0.3, 0.4) is 0 Å². The zero-order chi connectivity index (χ0) is 17.5. The molecule has 2 rings (SSSR count). The Labute approximate surface area is 143 Å². The van der Waals surface area contributed by atoms with E-state index in [1.807, 2.05) is 6.07 Å². The lowest BCUT2D eigenvalue weighted by molar-refractivity contribution is 0.168. The van der Waals surface area contributed by atoms with Gasteiger partial charge in [-0.15, -0.1) is 0 Å². The van der Waals surface area contributed by atoms with Gasteiger partial charge < -0.3 is 15.0 Å². The Bertz CT molecular complexity index is 612. The van der Waals surface area contributed by atoms with Crippen LogP contribution in [0.2, 0.25) is 0 Å². The van der Waals surface area contributed by atoms with Crippen LogP contribution >= 0.6 is 0 Å². The predicted octanol–water partition coefficient (Wildman–Crippen LogP) is 3.27. The summed E-state index contributed by atoms with van der Waals surface area (Å²) in [5.41, 5.74) is 1.80. The lowest BCUT2D eigenvalue weighted by atomic mass is 9.93. The minimum absolute atomic E-state index is 0.293. The summed E-state index contributed by atoms with van der Waals surface area (Å²) in [4.78, 5) is 14.0. The highest BCUT2D eigenvalue weighted by Crippen LogP contribution is 2.24. The quantitative estimate of drug-likeness (QED) is 0.866. The van der Waals surface area contributed by atoms with Crippen molar-refractivity contribution in [2.45, 2.75) is 33.2 Å². The topological polar surface area (TPSA) is 77.4 Å². The number of benzene rings is 1. The minimum Gasteiger partial charge on any atom is -0.450 e. The first-order chi connectivity index (χ1) is 11.6. The third-order valence-electron chi connectivity index (χ3n) is 4.44. The maximum absolute atomic E-state index is 11.5. The summed E-state index contributed by atoms with van der Waals surface area (Å²) in [5, 5.41) is 15.5. The highest BCUT2D eigenvalue weighted by Gasteiger charge is 2.25. The molecule has 0 saturated carbocycles. The number of hydrogen-bond acceptors (Lipinski definition) is 5. The molecule has 24 heavy (non-hydrogen) atoms. The van der Waals surface area contributed by atoms with E-state index in [9.17, 15) is 10.1 Å². The number of amides is 1. The average Bonchev–Trinajstić information content (AvgIpc) is 2.58. The molecule has 1 fully saturated rings. The molecular formula is C18H26N4O2. The Morgan fingerprint density at radius 1 is 1.46 bits per heavy atom. The van der Waals surface area contributed by atoms with Gasteiger partial charge in [0.1, 0.15) is 6.07 Å². The van der Waals surface area contributed by atoms with Gasteiger partial charge >= 0.3 is 6.09 Å². The van der Waals surface area contributed by atoms with Gasteiger partial charge in [-0.3, -0.25) is 5.32 Å². The summed E-state index contributed by atoms with van der Waals surface area (Å²) in [6.45, 7) is 9.73. The molecule has 2 atom stereocenters. The van der Waals surface area contributed by atoms with Crippen molar-refractivity contribution in [3.8, 4) is 6.07 Å². The van der Waals surface area contributed by atoms with Crippen molar-refractivity contribution >= 4 is 17.5 Å². The number of ether oxygens (including phenoxy) is 1. The van der Waals surface area contributed by atoms with Gasteiger partial charge in [0.15, 0.2) is 0 Å². The van der Waals surface area contributed by atoms with Crippen molar-refractivity contribution in [3.63, 3.8) is 0 Å². The molecule has 0 spiro atoms. The van der Waals surface area contributed by atoms with E-state index < -0.39 is 6.09 Å². The number of piperidine rings is 1. The summed E-state index contributed by atoms with van der Waals surface area (Å²) in [6.07, 6.45) is 0.537. The van der Waals surface area contributed by atoms with Crippen LogP contribution in [-0.4, -0.2) is 43.3 Å². The number of rotatable bonds is 5. The zero-order valence-electron chi connectivity index (χ0n) is 14.6. The Morgan fingerprint density at radius 2 is 2.25 bits per heavy atom. The second-order valence-electron chi connectivity index (χ2n) is 6.13. The molecule has 0 radical (unpaired) electrons. The molecule has 1 amide bonds. The number of nitriles is 1. The molecule has 130 valence electrons. The standard InChI is InChI=1S/C18H26N4O2/c1-4-22-9-8-16(13(3)12-22)20-15-6-7-17(14(10-15)11-19)21-18(23)24-5-2/h6-7,10,13,16,20H,4-5,8-9,12H2,1-3H3,(H,21,23). The average molecular weight is 330 g/mol. The molecule has 1 aromatic carbocycles. The van der Waals surface area contributed by atoms with E-state index in [1.54, 1.807) is 19.1 Å². The van der Waals surface area contributed by atoms with Crippen LogP contribution in [0.15, 0.2) is 18.2 Å². The number of likely N-dealkylation sites (tertiary alicyclic amines) is 1. The van der Waals surface area contributed by atoms with Gasteiger partial charge in [0.25, 0.3) is 0 Å². The summed E-state index contributed by atoms with van der Waals surface area (Å²) in [5.74, 6) is 0.543. The second kappa shape index (κ2) is 8.55. The number of carbonyl (C=O) groups excluding carboxylic acids is 1. The van der Waals surface area contributed by atoms with Crippen molar-refractivity contribution in [1.82, 2.24) is 4.90 Å². The van der Waals surface area contributed by atoms with Gasteiger partial charge in [0.05, 0.1) is 17.9 Å². The van der Waals surface area contributed by atoms with Gasteiger partial charge in [-0.1, -0.05) is 13.8 Å². The highest BCUT2D eigenvalue weighted by molar-refractivity contribution is 5.87. The van der Waals surface area contributed by atoms with E-state index in [4.69, 9.17) is 4.74 Å². The third kappa shape index (κ3) is 4.62. The van der Waals surface area contributed by atoms with Crippen molar-refractivity contribution in [1.29, 1.82) is 5.26 Å². The van der Waals surface area contributed by atoms with Gasteiger partial charge in [0.2, 0.25) is 0 Å². The maximum atomic E-state index is 11.5. The Hall–Kier alpha value is -2.26. The van der Waals surface area contributed by atoms with Crippen LogP contribution < -0.4 is 10.6 Å². The molecule has 1 aliphatic rings. The summed E-state index contributed by atoms with van der Waals surface area (Å²) in [6, 6.07) is 7.93. The molecule has 0 aliphatic carbocycles. The fourth-order valence-electron chi connectivity index (χ4n) is 3.06. The smallest absolute Gasteiger partial charge is 0.411 e. The van der Waals surface area contributed by atoms with E-state index in [0.29, 0.717) is 29.8 Å². The van der Waals surface area contributed by atoms with Gasteiger partial charge in [-0.25, -0.2) is 4.79 Å². The SMILES string of the molecule is CCOC(=O)Nc1ccc(NC2CCN(CC)CC2C)cc1C#N. The number of hydrogen-bond donors (Lipinski definition) is 2. The number of anilines is 2. The first-order valence-corrected chi connectivity index (χ1v) is 8.54. The zero-order valence-corrected chi connectivity index (χ0v) is 14.6. The van der Waals surface area contributed by atoms with E-state index in [2.05, 4.69) is 35.5 Å². The van der Waals surface area contributed by atoms with Crippen molar-refractivity contribution in [2.24, 2.45) is 5.92 Å². The predicted molar refractivity (Wildman–Crippen MR) is 95.1 cm³/mol. The molecule has 1 heterocycles. The molecule has 2 N–H and O–H groups in total. The number of carbonyl (C=O) groups is 1. The Morgan fingerprint density at radius 3 is 2.88 bits per heavy atom. The van der Waals surface area contributed by atoms with Crippen LogP contribution in [0.1, 0.15) is 32.8 Å². The molecule has 1 saturated heterocycles. The van der Waals surface area contributed by atoms with Crippen LogP contribution in [0.5, 0.6) is 0 Å². The summed E-state index contributed by atoms with van der Waals surface area (Å²) >= 11 is 0. The molecular weight excluding hydrogens is 304 g/mol. The summed E-state index contributed by atoms with van der Waals surface area (Å²) < 4.78 is 4.85. The Kier molecular flexibility index (Phi) is 6.44. The van der Waals surface area contributed by atoms with Gasteiger partial charge in [0, 0.05) is 24.8 Å². The normalized spacial score (nSPS) is 20.9. The number of nitrogens with one attached hydrogen (secondary N) is 2. The van der Waals surface area contributed by atoms with E-state index >= 15 is 0 Å². The van der Waals surface area contributed by atoms with Crippen molar-refractivity contribution in [2.75, 3.05) is 36.9 Å². The fraction of sp³-hybridized carbons (Fsp3) is 0.556.